The Labute approximate surface area is 93.4 Å². The number of carbonyl (C=O) groups excluding carboxylic acids is 1. The van der Waals surface area contributed by atoms with E-state index in [4.69, 9.17) is 11.5 Å². The molecule has 4 N–H and O–H groups in total. The Balaban J connectivity index is 2.67. The van der Waals surface area contributed by atoms with Crippen molar-refractivity contribution >= 4 is 17.4 Å². The predicted octanol–water partition coefficient (Wildman–Crippen LogP) is 0.226. The number of aliphatic imine (C=N–C) groups is 1. The van der Waals surface area contributed by atoms with E-state index in [1.807, 2.05) is 18.4 Å². The van der Waals surface area contributed by atoms with Gasteiger partial charge in [-0.15, -0.1) is 0 Å². The van der Waals surface area contributed by atoms with E-state index in [2.05, 4.69) is 9.98 Å². The molecule has 6 nitrogen and oxygen atoms in total. The summed E-state index contributed by atoms with van der Waals surface area (Å²) in [7, 11) is 0. The lowest BCUT2D eigenvalue weighted by molar-refractivity contribution is -0.111. The number of amides is 1. The Hall–Kier alpha value is -1.85. The van der Waals surface area contributed by atoms with E-state index in [1.54, 1.807) is 6.33 Å². The van der Waals surface area contributed by atoms with Crippen molar-refractivity contribution in [1.82, 2.24) is 9.55 Å². The summed E-state index contributed by atoms with van der Waals surface area (Å²) in [6.07, 6.45) is 3.16. The zero-order chi connectivity index (χ0) is 11.9. The summed E-state index contributed by atoms with van der Waals surface area (Å²) >= 11 is 0. The normalized spacial score (nSPS) is 17.0. The second kappa shape index (κ2) is 3.33. The fourth-order valence-electron chi connectivity index (χ4n) is 2.15. The summed E-state index contributed by atoms with van der Waals surface area (Å²) in [6, 6.07) is 0. The summed E-state index contributed by atoms with van der Waals surface area (Å²) in [5.74, 6) is -0.251. The minimum absolute atomic E-state index is 0.235. The lowest BCUT2D eigenvalue weighted by Crippen LogP contribution is -2.26. The van der Waals surface area contributed by atoms with E-state index in [0.29, 0.717) is 11.5 Å². The molecule has 0 saturated heterocycles. The molecule has 0 bridgehead atoms. The van der Waals surface area contributed by atoms with Gasteiger partial charge in [0.1, 0.15) is 11.4 Å². The van der Waals surface area contributed by atoms with Gasteiger partial charge in [-0.3, -0.25) is 4.79 Å². The molecule has 0 saturated carbocycles. The van der Waals surface area contributed by atoms with Gasteiger partial charge >= 0.3 is 0 Å². The molecule has 2 heterocycles. The predicted molar refractivity (Wildman–Crippen MR) is 60.9 cm³/mol. The highest BCUT2D eigenvalue weighted by molar-refractivity contribution is 6.46. The summed E-state index contributed by atoms with van der Waals surface area (Å²) in [5.41, 5.74) is 11.4. The number of hydrogen-bond acceptors (Lipinski definition) is 4. The quantitative estimate of drug-likeness (QED) is 0.763. The number of primary amides is 1. The molecular formula is C10H15N5O. The maximum absolute atomic E-state index is 11.3. The summed E-state index contributed by atoms with van der Waals surface area (Å²) < 4.78 is 1.85. The topological polar surface area (TPSA) is 99.3 Å². The maximum Gasteiger partial charge on any atom is 0.269 e. The molecule has 16 heavy (non-hydrogen) atoms. The van der Waals surface area contributed by atoms with Gasteiger partial charge in [0.05, 0.1) is 6.33 Å². The van der Waals surface area contributed by atoms with Crippen LogP contribution in [0.4, 0.5) is 5.82 Å². The van der Waals surface area contributed by atoms with Crippen LogP contribution in [0.25, 0.3) is 0 Å². The molecule has 0 fully saturated rings. The molecule has 0 aromatic carbocycles. The zero-order valence-corrected chi connectivity index (χ0v) is 9.40. The molecule has 0 aliphatic carbocycles. The van der Waals surface area contributed by atoms with Gasteiger partial charge in [-0.25, -0.2) is 9.98 Å². The first-order valence-corrected chi connectivity index (χ1v) is 5.29. The van der Waals surface area contributed by atoms with Crippen LogP contribution in [0.2, 0.25) is 0 Å². The van der Waals surface area contributed by atoms with Crippen LogP contribution in [0.5, 0.6) is 0 Å². The minimum atomic E-state index is -0.558. The molecule has 2 rings (SSSR count). The van der Waals surface area contributed by atoms with Crippen LogP contribution in [0.15, 0.2) is 11.3 Å². The highest BCUT2D eigenvalue weighted by Gasteiger charge is 2.39. The fourth-order valence-corrected chi connectivity index (χ4v) is 2.15. The Morgan fingerprint density at radius 3 is 2.62 bits per heavy atom. The smallest absolute Gasteiger partial charge is 0.269 e. The number of carbonyl (C=O) groups is 1. The summed E-state index contributed by atoms with van der Waals surface area (Å²) in [6.45, 7) is 4.02. The molecule has 0 unspecified atom stereocenters. The molecule has 1 aliphatic rings. The standard InChI is InChI=1S/C10H15N5O/c1-3-10(4-2)14-6(9(12)16)7-8(11)13-5-15(7)10/h5H,3-4,11H2,1-2H3,(H2,12,16). The van der Waals surface area contributed by atoms with Crippen molar-refractivity contribution in [3.05, 3.63) is 12.0 Å². The Kier molecular flexibility index (Phi) is 2.22. The monoisotopic (exact) mass is 221 g/mol. The molecule has 1 amide bonds. The van der Waals surface area contributed by atoms with E-state index in [0.717, 1.165) is 12.8 Å². The van der Waals surface area contributed by atoms with Gasteiger partial charge in [0.2, 0.25) is 0 Å². The van der Waals surface area contributed by atoms with E-state index in [9.17, 15) is 4.79 Å². The van der Waals surface area contributed by atoms with Crippen LogP contribution >= 0.6 is 0 Å². The van der Waals surface area contributed by atoms with Crippen molar-refractivity contribution in [2.75, 3.05) is 5.73 Å². The number of imidazole rings is 1. The summed E-state index contributed by atoms with van der Waals surface area (Å²) in [4.78, 5) is 19.8. The van der Waals surface area contributed by atoms with Gasteiger partial charge in [0.25, 0.3) is 5.91 Å². The van der Waals surface area contributed by atoms with Crippen LogP contribution < -0.4 is 11.5 Å². The third kappa shape index (κ3) is 1.16. The van der Waals surface area contributed by atoms with Crippen molar-refractivity contribution in [3.8, 4) is 0 Å². The van der Waals surface area contributed by atoms with Crippen molar-refractivity contribution < 1.29 is 4.79 Å². The van der Waals surface area contributed by atoms with Gasteiger partial charge in [0, 0.05) is 0 Å². The number of anilines is 1. The number of nitrogen functional groups attached to an aromatic ring is 1. The molecule has 1 aromatic rings. The average molecular weight is 221 g/mol. The van der Waals surface area contributed by atoms with Crippen LogP contribution in [0.1, 0.15) is 32.4 Å². The lowest BCUT2D eigenvalue weighted by Gasteiger charge is -2.25. The van der Waals surface area contributed by atoms with Gasteiger partial charge in [0.15, 0.2) is 11.5 Å². The SMILES string of the molecule is CCC1(CC)N=C(C(N)=O)c2c(N)ncn21. The number of fused-ring (bicyclic) bond motifs is 1. The first-order chi connectivity index (χ1) is 7.55. The highest BCUT2D eigenvalue weighted by atomic mass is 16.1. The lowest BCUT2D eigenvalue weighted by atomic mass is 10.1. The van der Waals surface area contributed by atoms with Crippen LogP contribution in [-0.4, -0.2) is 21.2 Å². The van der Waals surface area contributed by atoms with Gasteiger partial charge in [-0.2, -0.15) is 0 Å². The summed E-state index contributed by atoms with van der Waals surface area (Å²) in [5, 5.41) is 0. The van der Waals surface area contributed by atoms with Crippen LogP contribution in [-0.2, 0) is 10.5 Å². The van der Waals surface area contributed by atoms with Gasteiger partial charge in [-0.05, 0) is 12.8 Å². The number of hydrogen-bond donors (Lipinski definition) is 2. The molecule has 86 valence electrons. The third-order valence-corrected chi connectivity index (χ3v) is 3.15. The Morgan fingerprint density at radius 2 is 2.12 bits per heavy atom. The zero-order valence-electron chi connectivity index (χ0n) is 9.40. The maximum atomic E-state index is 11.3. The Bertz CT molecular complexity index is 470. The number of nitrogens with two attached hydrogens (primary N) is 2. The molecule has 1 aliphatic heterocycles. The number of rotatable bonds is 3. The second-order valence-corrected chi connectivity index (χ2v) is 3.86. The fraction of sp³-hybridized carbons (Fsp3) is 0.500. The van der Waals surface area contributed by atoms with Crippen molar-refractivity contribution in [3.63, 3.8) is 0 Å². The first-order valence-electron chi connectivity index (χ1n) is 5.29. The average Bonchev–Trinajstić information content (AvgIpc) is 2.78. The van der Waals surface area contributed by atoms with Crippen molar-refractivity contribution in [1.29, 1.82) is 0 Å². The van der Waals surface area contributed by atoms with Crippen LogP contribution in [0, 0.1) is 0 Å². The van der Waals surface area contributed by atoms with E-state index < -0.39 is 11.6 Å². The van der Waals surface area contributed by atoms with E-state index >= 15 is 0 Å². The molecule has 0 spiro atoms. The largest absolute Gasteiger partial charge is 0.382 e. The first kappa shape index (κ1) is 10.7. The minimum Gasteiger partial charge on any atom is -0.382 e. The molecular weight excluding hydrogens is 206 g/mol. The second-order valence-electron chi connectivity index (χ2n) is 3.86. The van der Waals surface area contributed by atoms with Gasteiger partial charge in [-0.1, -0.05) is 13.8 Å². The van der Waals surface area contributed by atoms with E-state index in [-0.39, 0.29) is 5.71 Å². The van der Waals surface area contributed by atoms with Crippen molar-refractivity contribution in [2.24, 2.45) is 10.7 Å². The van der Waals surface area contributed by atoms with Gasteiger partial charge < -0.3 is 16.0 Å². The third-order valence-electron chi connectivity index (χ3n) is 3.15. The van der Waals surface area contributed by atoms with Crippen molar-refractivity contribution in [2.45, 2.75) is 32.4 Å². The van der Waals surface area contributed by atoms with Crippen LogP contribution in [0.3, 0.4) is 0 Å². The molecule has 1 aromatic heterocycles. The number of nitrogens with zero attached hydrogens (tertiary/aromatic N) is 3. The Morgan fingerprint density at radius 1 is 1.50 bits per heavy atom. The highest BCUT2D eigenvalue weighted by Crippen LogP contribution is 2.36. The molecule has 0 atom stereocenters. The molecule has 0 radical (unpaired) electrons. The van der Waals surface area contributed by atoms with E-state index in [1.165, 1.54) is 0 Å². The molecule has 6 heteroatoms. The number of aromatic nitrogens is 2.